The molecule has 0 fully saturated rings. The molecule has 0 aromatic heterocycles. The number of carbonyl (C=O) groups is 2. The third-order valence-electron chi connectivity index (χ3n) is 5.05. The first-order valence-electron chi connectivity index (χ1n) is 8.85. The van der Waals surface area contributed by atoms with E-state index in [1.807, 2.05) is 38.1 Å². The second-order valence-corrected chi connectivity index (χ2v) is 15.6. The van der Waals surface area contributed by atoms with Crippen molar-refractivity contribution < 1.29 is 14.3 Å². The Morgan fingerprint density at radius 3 is 1.60 bits per heavy atom. The number of aryl methyl sites for hydroxylation is 1. The number of carbonyl (C=O) groups excluding carboxylic acids is 2. The van der Waals surface area contributed by atoms with Gasteiger partial charge in [0.05, 0.1) is 0 Å². The predicted octanol–water partition coefficient (Wildman–Crippen LogP) is 4.89. The number of methoxy groups -OCH3 is 1. The molecule has 0 aliphatic rings. The fraction of sp³-hybridized carbons (Fsp3) is 0.333. The molecule has 2 rings (SSSR count). The predicted molar refractivity (Wildman–Crippen MR) is 104 cm³/mol. The summed E-state index contributed by atoms with van der Waals surface area (Å²) in [6, 6.07) is 14.9. The summed E-state index contributed by atoms with van der Waals surface area (Å²) < 4.78 is 5.32. The molecule has 0 saturated heterocycles. The van der Waals surface area contributed by atoms with Crippen molar-refractivity contribution in [3.63, 3.8) is 0 Å². The van der Waals surface area contributed by atoms with Crippen molar-refractivity contribution in [2.24, 2.45) is 0 Å². The molecule has 0 amide bonds. The van der Waals surface area contributed by atoms with E-state index in [1.54, 1.807) is 31.4 Å². The third-order valence-corrected chi connectivity index (χ3v) is 15.0. The Morgan fingerprint density at radius 2 is 1.24 bits per heavy atom. The van der Waals surface area contributed by atoms with E-state index in [0.717, 1.165) is 6.42 Å². The maximum atomic E-state index is 13.3. The average Bonchev–Trinajstić information content (AvgIpc) is 2.69. The van der Waals surface area contributed by atoms with Crippen molar-refractivity contribution in [3.05, 3.63) is 65.2 Å². The minimum atomic E-state index is -3.43. The van der Waals surface area contributed by atoms with Crippen LogP contribution in [0.3, 0.4) is 0 Å². The summed E-state index contributed by atoms with van der Waals surface area (Å²) in [4.78, 5) is 26.6. The molecule has 0 aliphatic carbocycles. The van der Waals surface area contributed by atoms with Gasteiger partial charge in [0.15, 0.2) is 0 Å². The van der Waals surface area contributed by atoms with Crippen LogP contribution in [0.2, 0.25) is 10.5 Å². The van der Waals surface area contributed by atoms with Gasteiger partial charge in [0, 0.05) is 0 Å². The molecule has 25 heavy (non-hydrogen) atoms. The molecule has 0 unspecified atom stereocenters. The summed E-state index contributed by atoms with van der Waals surface area (Å²) in [5.41, 5.74) is 2.51. The monoisotopic (exact) mass is 400 g/mol. The van der Waals surface area contributed by atoms with Gasteiger partial charge >= 0.3 is 153 Å². The van der Waals surface area contributed by atoms with E-state index < -0.39 is 13.3 Å². The van der Waals surface area contributed by atoms with Gasteiger partial charge in [-0.25, -0.2) is 0 Å². The zero-order valence-corrected chi connectivity index (χ0v) is 17.6. The number of rotatable bonds is 8. The van der Waals surface area contributed by atoms with Gasteiger partial charge < -0.3 is 0 Å². The maximum absolute atomic E-state index is 13.3. The first kappa shape index (κ1) is 19.4. The van der Waals surface area contributed by atoms with Gasteiger partial charge in [-0.05, 0) is 0 Å². The number of hydrogen-bond donors (Lipinski definition) is 0. The van der Waals surface area contributed by atoms with Gasteiger partial charge in [-0.1, -0.05) is 0 Å². The number of hydrogen-bond acceptors (Lipinski definition) is 3. The normalized spacial score (nSPS) is 11.2. The Bertz CT molecular complexity index is 667. The quantitative estimate of drug-likeness (QED) is 0.594. The van der Waals surface area contributed by atoms with Crippen molar-refractivity contribution in [2.75, 3.05) is 7.11 Å². The number of ether oxygens (including phenoxy) is 1. The summed E-state index contributed by atoms with van der Waals surface area (Å²) >= 11 is -3.43. The van der Waals surface area contributed by atoms with Crippen LogP contribution >= 0.6 is 0 Å². The fourth-order valence-electron chi connectivity index (χ4n) is 3.18. The molecule has 2 aromatic rings. The Balaban J connectivity index is 2.40. The van der Waals surface area contributed by atoms with E-state index in [1.165, 1.54) is 5.56 Å². The molecule has 132 valence electrons. The Labute approximate surface area is 152 Å². The van der Waals surface area contributed by atoms with E-state index in [0.29, 0.717) is 27.4 Å². The van der Waals surface area contributed by atoms with Crippen molar-refractivity contribution in [3.8, 4) is 5.75 Å². The molecule has 0 saturated carbocycles. The van der Waals surface area contributed by atoms with Gasteiger partial charge in [-0.3, -0.25) is 0 Å². The van der Waals surface area contributed by atoms with Crippen LogP contribution in [0.1, 0.15) is 47.1 Å². The Hall–Kier alpha value is -1.88. The zero-order valence-electron chi connectivity index (χ0n) is 15.5. The second kappa shape index (κ2) is 8.48. The average molecular weight is 399 g/mol. The summed E-state index contributed by atoms with van der Waals surface area (Å²) in [5.74, 6) is 0.712. The topological polar surface area (TPSA) is 43.4 Å². The summed E-state index contributed by atoms with van der Waals surface area (Å²) in [6.07, 6.45) is 0.938. The van der Waals surface area contributed by atoms with Crippen LogP contribution in [-0.2, 0) is 6.42 Å². The molecule has 0 radical (unpaired) electrons. The van der Waals surface area contributed by atoms with Crippen LogP contribution in [0.4, 0.5) is 0 Å². The molecule has 0 heterocycles. The summed E-state index contributed by atoms with van der Waals surface area (Å²) in [5, 5.41) is 1.32. The van der Waals surface area contributed by atoms with Gasteiger partial charge in [-0.2, -0.15) is 0 Å². The van der Waals surface area contributed by atoms with Crippen LogP contribution in [-0.4, -0.2) is 29.6 Å². The fourth-order valence-corrected chi connectivity index (χ4v) is 10.4. The van der Waals surface area contributed by atoms with E-state index in [4.69, 9.17) is 4.74 Å². The molecule has 0 N–H and O–H groups in total. The molecule has 0 spiro atoms. The first-order chi connectivity index (χ1) is 12.0. The van der Waals surface area contributed by atoms with Crippen LogP contribution in [0.25, 0.3) is 0 Å². The standard InChI is InChI=1S/C21H26GeO3/c1-5-16-8-10-17(11-9-16)20(23)22(6-2,7-3)21(24)18-12-14-19(25-4)15-13-18/h8-15H,5-7H2,1-4H3. The SMILES string of the molecule is CCc1ccc([C](=O)[Ge]([CH2]C)([CH2]C)[C](=O)c2ccc(OC)cc2)cc1. The van der Waals surface area contributed by atoms with Crippen molar-refractivity contribution in [1.82, 2.24) is 0 Å². The second-order valence-electron chi connectivity index (χ2n) is 6.23. The molecule has 0 atom stereocenters. The van der Waals surface area contributed by atoms with Crippen LogP contribution in [0, 0.1) is 0 Å². The Morgan fingerprint density at radius 1 is 0.800 bits per heavy atom. The van der Waals surface area contributed by atoms with Gasteiger partial charge in [0.1, 0.15) is 0 Å². The van der Waals surface area contributed by atoms with Crippen LogP contribution < -0.4 is 4.74 Å². The van der Waals surface area contributed by atoms with E-state index in [9.17, 15) is 9.59 Å². The molecular weight excluding hydrogens is 373 g/mol. The molecule has 0 bridgehead atoms. The molecule has 4 heteroatoms. The summed E-state index contributed by atoms with van der Waals surface area (Å²) in [7, 11) is 1.60. The van der Waals surface area contributed by atoms with Crippen LogP contribution in [0.5, 0.6) is 5.75 Å². The van der Waals surface area contributed by atoms with Crippen molar-refractivity contribution >= 4 is 22.5 Å². The first-order valence-corrected chi connectivity index (χ1v) is 13.9. The molecule has 2 aromatic carbocycles. The molecule has 0 aliphatic heterocycles. The van der Waals surface area contributed by atoms with Gasteiger partial charge in [-0.15, -0.1) is 0 Å². The van der Waals surface area contributed by atoms with E-state index in [-0.39, 0.29) is 9.23 Å². The van der Waals surface area contributed by atoms with Crippen LogP contribution in [0.15, 0.2) is 48.5 Å². The van der Waals surface area contributed by atoms with Gasteiger partial charge in [0.2, 0.25) is 0 Å². The molecular formula is C21H26GeO3. The molecule has 3 nitrogen and oxygen atoms in total. The van der Waals surface area contributed by atoms with Gasteiger partial charge in [0.25, 0.3) is 0 Å². The van der Waals surface area contributed by atoms with E-state index in [2.05, 4.69) is 6.92 Å². The van der Waals surface area contributed by atoms with Crippen molar-refractivity contribution in [1.29, 1.82) is 0 Å². The van der Waals surface area contributed by atoms with E-state index >= 15 is 0 Å². The third kappa shape index (κ3) is 3.87. The zero-order chi connectivity index (χ0) is 18.4. The summed E-state index contributed by atoms with van der Waals surface area (Å²) in [6.45, 7) is 6.07. The minimum absolute atomic E-state index is 0.0669. The van der Waals surface area contributed by atoms with Crippen molar-refractivity contribution in [2.45, 2.75) is 37.7 Å². The Kier molecular flexibility index (Phi) is 6.59. The number of benzene rings is 2.